The minimum absolute atomic E-state index is 0.0428. The van der Waals surface area contributed by atoms with Crippen LogP contribution in [0.2, 0.25) is 0 Å². The van der Waals surface area contributed by atoms with Crippen LogP contribution < -0.4 is 0 Å². The highest BCUT2D eigenvalue weighted by Gasteiger charge is 2.35. The van der Waals surface area contributed by atoms with Crippen LogP contribution in [0.3, 0.4) is 0 Å². The Morgan fingerprint density at radius 3 is 2.50 bits per heavy atom. The van der Waals surface area contributed by atoms with Crippen molar-refractivity contribution in [2.75, 3.05) is 33.2 Å². The fraction of sp³-hybridized carbons (Fsp3) is 0.929. The van der Waals surface area contributed by atoms with E-state index in [1.165, 1.54) is 0 Å². The number of hydrogen-bond donors (Lipinski definition) is 1. The molecule has 1 atom stereocenters. The maximum Gasteiger partial charge on any atom is 0.309 e. The van der Waals surface area contributed by atoms with Gasteiger partial charge in [-0.2, -0.15) is 0 Å². The third kappa shape index (κ3) is 4.25. The zero-order valence-corrected chi connectivity index (χ0v) is 12.4. The molecular weight excluding hydrogens is 228 g/mol. The van der Waals surface area contributed by atoms with Crippen LogP contribution in [-0.4, -0.2) is 59.6 Å². The monoisotopic (exact) mass is 256 g/mol. The highest BCUT2D eigenvalue weighted by atomic mass is 16.4. The van der Waals surface area contributed by atoms with Gasteiger partial charge in [-0.3, -0.25) is 9.69 Å². The third-order valence-electron chi connectivity index (χ3n) is 3.99. The molecule has 1 fully saturated rings. The molecule has 0 saturated carbocycles. The summed E-state index contributed by atoms with van der Waals surface area (Å²) in [7, 11) is 2.03. The molecule has 0 radical (unpaired) electrons. The van der Waals surface area contributed by atoms with E-state index in [4.69, 9.17) is 0 Å². The smallest absolute Gasteiger partial charge is 0.309 e. The minimum Gasteiger partial charge on any atom is -0.481 e. The summed E-state index contributed by atoms with van der Waals surface area (Å²) in [6.07, 6.45) is 1.13. The van der Waals surface area contributed by atoms with Crippen LogP contribution in [-0.2, 0) is 4.79 Å². The Morgan fingerprint density at radius 2 is 2.00 bits per heavy atom. The molecule has 1 N–H and O–H groups in total. The maximum atomic E-state index is 11.3. The van der Waals surface area contributed by atoms with Gasteiger partial charge in [-0.05, 0) is 39.8 Å². The van der Waals surface area contributed by atoms with E-state index in [1.54, 1.807) is 0 Å². The number of likely N-dealkylation sites (N-methyl/N-ethyl adjacent to an activating group) is 1. The van der Waals surface area contributed by atoms with E-state index in [-0.39, 0.29) is 11.5 Å². The molecule has 1 heterocycles. The number of carbonyl (C=O) groups is 1. The Balaban J connectivity index is 2.73. The molecule has 1 rings (SSSR count). The van der Waals surface area contributed by atoms with Crippen LogP contribution >= 0.6 is 0 Å². The summed E-state index contributed by atoms with van der Waals surface area (Å²) in [5.41, 5.74) is 0.0428. The lowest BCUT2D eigenvalue weighted by Crippen LogP contribution is -2.47. The molecule has 0 aromatic rings. The van der Waals surface area contributed by atoms with Crippen molar-refractivity contribution in [1.82, 2.24) is 9.80 Å². The van der Waals surface area contributed by atoms with Gasteiger partial charge in [-0.15, -0.1) is 0 Å². The highest BCUT2D eigenvalue weighted by molar-refractivity contribution is 5.70. The van der Waals surface area contributed by atoms with Crippen molar-refractivity contribution in [3.05, 3.63) is 0 Å². The number of carboxylic acid groups (broad SMARTS) is 1. The summed E-state index contributed by atoms with van der Waals surface area (Å²) in [6, 6.07) is 0. The summed E-state index contributed by atoms with van der Waals surface area (Å²) in [5.74, 6) is -0.282. The molecule has 1 saturated heterocycles. The first-order valence-corrected chi connectivity index (χ1v) is 6.89. The van der Waals surface area contributed by atoms with Gasteiger partial charge in [0.1, 0.15) is 0 Å². The molecule has 0 amide bonds. The van der Waals surface area contributed by atoms with Gasteiger partial charge >= 0.3 is 5.97 Å². The average molecular weight is 256 g/mol. The summed E-state index contributed by atoms with van der Waals surface area (Å²) in [5, 5.41) is 9.29. The van der Waals surface area contributed by atoms with E-state index in [0.29, 0.717) is 19.0 Å². The Bertz CT molecular complexity index is 290. The minimum atomic E-state index is -0.672. The van der Waals surface area contributed by atoms with Crippen LogP contribution in [0.1, 0.15) is 34.1 Å². The van der Waals surface area contributed by atoms with Crippen molar-refractivity contribution in [3.8, 4) is 0 Å². The molecule has 0 aromatic heterocycles. The van der Waals surface area contributed by atoms with Crippen molar-refractivity contribution in [2.45, 2.75) is 39.7 Å². The second kappa shape index (κ2) is 6.02. The number of carboxylic acids is 1. The van der Waals surface area contributed by atoms with Gasteiger partial charge < -0.3 is 10.0 Å². The largest absolute Gasteiger partial charge is 0.481 e. The first-order valence-electron chi connectivity index (χ1n) is 6.89. The Labute approximate surface area is 111 Å². The lowest BCUT2D eigenvalue weighted by molar-refractivity contribution is -0.142. The summed E-state index contributed by atoms with van der Waals surface area (Å²) in [6.45, 7) is 12.1. The first kappa shape index (κ1) is 15.4. The van der Waals surface area contributed by atoms with Gasteiger partial charge in [0.2, 0.25) is 0 Å². The Kier molecular flexibility index (Phi) is 5.17. The van der Waals surface area contributed by atoms with Crippen LogP contribution in [0.15, 0.2) is 0 Å². The summed E-state index contributed by atoms with van der Waals surface area (Å²) in [4.78, 5) is 15.8. The lowest BCUT2D eigenvalue weighted by Gasteiger charge is -2.36. The van der Waals surface area contributed by atoms with Crippen LogP contribution in [0.4, 0.5) is 0 Å². The van der Waals surface area contributed by atoms with Gasteiger partial charge in [0, 0.05) is 25.2 Å². The van der Waals surface area contributed by atoms with E-state index in [9.17, 15) is 9.90 Å². The molecule has 1 unspecified atom stereocenters. The fourth-order valence-electron chi connectivity index (χ4n) is 2.45. The molecule has 4 heteroatoms. The SMILES string of the molecule is CC(C)CCN1CC(C(=O)O)CN(C)C(C)(C)C1. The fourth-order valence-corrected chi connectivity index (χ4v) is 2.45. The normalized spacial score (nSPS) is 26.2. The summed E-state index contributed by atoms with van der Waals surface area (Å²) >= 11 is 0. The predicted molar refractivity (Wildman–Crippen MR) is 73.7 cm³/mol. The van der Waals surface area contributed by atoms with E-state index in [1.807, 2.05) is 7.05 Å². The number of aliphatic carboxylic acids is 1. The zero-order chi connectivity index (χ0) is 13.9. The van der Waals surface area contributed by atoms with E-state index in [0.717, 1.165) is 19.5 Å². The molecule has 0 spiro atoms. The highest BCUT2D eigenvalue weighted by Crippen LogP contribution is 2.22. The van der Waals surface area contributed by atoms with Gasteiger partial charge in [0.15, 0.2) is 0 Å². The zero-order valence-electron chi connectivity index (χ0n) is 12.4. The molecule has 1 aliphatic rings. The average Bonchev–Trinajstić information content (AvgIpc) is 2.34. The quantitative estimate of drug-likeness (QED) is 0.832. The van der Waals surface area contributed by atoms with Crippen molar-refractivity contribution in [1.29, 1.82) is 0 Å². The van der Waals surface area contributed by atoms with Gasteiger partial charge in [-0.1, -0.05) is 13.8 Å². The molecule has 18 heavy (non-hydrogen) atoms. The predicted octanol–water partition coefficient (Wildman–Crippen LogP) is 1.76. The molecule has 0 bridgehead atoms. The first-order chi connectivity index (χ1) is 8.22. The van der Waals surface area contributed by atoms with Crippen LogP contribution in [0.25, 0.3) is 0 Å². The lowest BCUT2D eigenvalue weighted by atomic mass is 10.0. The van der Waals surface area contributed by atoms with E-state index >= 15 is 0 Å². The summed E-state index contributed by atoms with van der Waals surface area (Å²) < 4.78 is 0. The molecule has 0 aliphatic carbocycles. The van der Waals surface area contributed by atoms with E-state index < -0.39 is 5.97 Å². The Hall–Kier alpha value is -0.610. The topological polar surface area (TPSA) is 43.8 Å². The van der Waals surface area contributed by atoms with Crippen molar-refractivity contribution in [2.24, 2.45) is 11.8 Å². The Morgan fingerprint density at radius 1 is 1.39 bits per heavy atom. The standard InChI is InChI=1S/C14H28N2O2/c1-11(2)6-7-16-9-12(13(17)18)8-15(5)14(3,4)10-16/h11-12H,6-10H2,1-5H3,(H,17,18). The van der Waals surface area contributed by atoms with Crippen molar-refractivity contribution < 1.29 is 9.90 Å². The van der Waals surface area contributed by atoms with Crippen LogP contribution in [0, 0.1) is 11.8 Å². The van der Waals surface area contributed by atoms with Gasteiger partial charge in [0.05, 0.1) is 5.92 Å². The van der Waals surface area contributed by atoms with Crippen molar-refractivity contribution >= 4 is 5.97 Å². The molecule has 106 valence electrons. The van der Waals surface area contributed by atoms with E-state index in [2.05, 4.69) is 37.5 Å². The number of rotatable bonds is 4. The molecule has 1 aliphatic heterocycles. The number of hydrogen-bond acceptors (Lipinski definition) is 3. The second-order valence-electron chi connectivity index (χ2n) is 6.65. The van der Waals surface area contributed by atoms with Gasteiger partial charge in [-0.25, -0.2) is 0 Å². The second-order valence-corrected chi connectivity index (χ2v) is 6.65. The molecule has 0 aromatic carbocycles. The maximum absolute atomic E-state index is 11.3. The van der Waals surface area contributed by atoms with Crippen LogP contribution in [0.5, 0.6) is 0 Å². The number of nitrogens with zero attached hydrogens (tertiary/aromatic N) is 2. The molecule has 4 nitrogen and oxygen atoms in total. The van der Waals surface area contributed by atoms with Gasteiger partial charge in [0.25, 0.3) is 0 Å². The molecular formula is C14H28N2O2. The third-order valence-corrected chi connectivity index (χ3v) is 3.99. The van der Waals surface area contributed by atoms with Crippen molar-refractivity contribution in [3.63, 3.8) is 0 Å².